The van der Waals surface area contributed by atoms with Crippen molar-refractivity contribution in [2.24, 2.45) is 0 Å². The fourth-order valence-corrected chi connectivity index (χ4v) is 2.67. The van der Waals surface area contributed by atoms with Gasteiger partial charge in [0.25, 0.3) is 5.91 Å². The Balaban J connectivity index is 2.20. The Labute approximate surface area is 137 Å². The number of hydrogen-bond acceptors (Lipinski definition) is 5. The van der Waals surface area contributed by atoms with Gasteiger partial charge in [-0.1, -0.05) is 0 Å². The molecule has 2 rings (SSSR count). The molecule has 6 heteroatoms. The predicted octanol–water partition coefficient (Wildman–Crippen LogP) is 1.56. The van der Waals surface area contributed by atoms with Crippen molar-refractivity contribution in [1.82, 2.24) is 15.5 Å². The highest BCUT2D eigenvalue weighted by Crippen LogP contribution is 2.31. The van der Waals surface area contributed by atoms with Crippen molar-refractivity contribution >= 4 is 17.4 Å². The molecule has 23 heavy (non-hydrogen) atoms. The van der Waals surface area contributed by atoms with Gasteiger partial charge >= 0.3 is 0 Å². The molecule has 0 spiro atoms. The van der Waals surface area contributed by atoms with Gasteiger partial charge in [0.15, 0.2) is 0 Å². The highest BCUT2D eigenvalue weighted by atomic mass is 16.1. The third-order valence-electron chi connectivity index (χ3n) is 4.33. The normalized spacial score (nSPS) is 17.2. The van der Waals surface area contributed by atoms with Gasteiger partial charge in [-0.15, -0.1) is 0 Å². The summed E-state index contributed by atoms with van der Waals surface area (Å²) in [4.78, 5) is 14.4. The lowest BCUT2D eigenvalue weighted by molar-refractivity contribution is 0.0977. The zero-order chi connectivity index (χ0) is 17.2. The molecule has 0 bridgehead atoms. The number of nitrogens with two attached hydrogens (primary N) is 1. The summed E-state index contributed by atoms with van der Waals surface area (Å²) in [6, 6.07) is 6.66. The van der Waals surface area contributed by atoms with Crippen LogP contribution in [0.25, 0.3) is 0 Å². The van der Waals surface area contributed by atoms with E-state index in [0.29, 0.717) is 17.8 Å². The van der Waals surface area contributed by atoms with Gasteiger partial charge in [0, 0.05) is 35.6 Å². The van der Waals surface area contributed by atoms with Crippen molar-refractivity contribution in [2.75, 3.05) is 25.9 Å². The summed E-state index contributed by atoms with van der Waals surface area (Å²) in [5.74, 6) is -0.161. The summed E-state index contributed by atoms with van der Waals surface area (Å²) in [6.45, 7) is 7.63. The first-order chi connectivity index (χ1) is 10.8. The standard InChI is InChI=1S/C17H25N5O/c1-5-20-14-13(10-22(4)17(14,2)3)15(19)21-16(23)11-6-8-12(18)9-7-11/h6-9,20H,5,10,18H2,1-4H3,(H2,19,21,23). The average Bonchev–Trinajstić information content (AvgIpc) is 2.72. The molecule has 0 saturated carbocycles. The van der Waals surface area contributed by atoms with Gasteiger partial charge in [-0.05, 0) is 52.1 Å². The second kappa shape index (κ2) is 6.42. The maximum Gasteiger partial charge on any atom is 0.256 e. The number of benzene rings is 1. The highest BCUT2D eigenvalue weighted by Gasteiger charge is 2.38. The van der Waals surface area contributed by atoms with Gasteiger partial charge in [0.05, 0.1) is 5.54 Å². The molecule has 0 unspecified atom stereocenters. The number of rotatable bonds is 4. The lowest BCUT2D eigenvalue weighted by atomic mass is 9.99. The van der Waals surface area contributed by atoms with Crippen LogP contribution in [0.1, 0.15) is 31.1 Å². The van der Waals surface area contributed by atoms with E-state index in [0.717, 1.165) is 17.8 Å². The van der Waals surface area contributed by atoms with Gasteiger partial charge in [-0.25, -0.2) is 0 Å². The van der Waals surface area contributed by atoms with E-state index in [9.17, 15) is 4.79 Å². The first-order valence-corrected chi connectivity index (χ1v) is 7.72. The monoisotopic (exact) mass is 315 g/mol. The molecule has 1 heterocycles. The number of anilines is 1. The van der Waals surface area contributed by atoms with Crippen molar-refractivity contribution in [3.8, 4) is 0 Å². The highest BCUT2D eigenvalue weighted by molar-refractivity contribution is 6.12. The Bertz CT molecular complexity index is 645. The molecule has 0 radical (unpaired) electrons. The molecule has 0 fully saturated rings. The topological polar surface area (TPSA) is 94.2 Å². The van der Waals surface area contributed by atoms with E-state index >= 15 is 0 Å². The van der Waals surface area contributed by atoms with Gasteiger partial charge in [0.2, 0.25) is 0 Å². The number of nitrogen functional groups attached to an aromatic ring is 1. The van der Waals surface area contributed by atoms with Crippen LogP contribution in [-0.2, 0) is 0 Å². The maximum atomic E-state index is 12.3. The summed E-state index contributed by atoms with van der Waals surface area (Å²) < 4.78 is 0. The summed E-state index contributed by atoms with van der Waals surface area (Å²) in [7, 11) is 2.01. The molecule has 6 nitrogen and oxygen atoms in total. The van der Waals surface area contributed by atoms with Crippen molar-refractivity contribution < 1.29 is 4.79 Å². The molecule has 0 saturated heterocycles. The zero-order valence-electron chi connectivity index (χ0n) is 14.2. The van der Waals surface area contributed by atoms with Crippen LogP contribution in [0, 0.1) is 5.41 Å². The van der Waals surface area contributed by atoms with E-state index in [4.69, 9.17) is 11.1 Å². The quantitative estimate of drug-likeness (QED) is 0.385. The Hall–Kier alpha value is -2.34. The number of hydrogen-bond donors (Lipinski definition) is 4. The fraction of sp³-hybridized carbons (Fsp3) is 0.412. The molecule has 124 valence electrons. The first kappa shape index (κ1) is 17.0. The Morgan fingerprint density at radius 2 is 1.96 bits per heavy atom. The lowest BCUT2D eigenvalue weighted by Crippen LogP contribution is -2.41. The van der Waals surface area contributed by atoms with E-state index in [-0.39, 0.29) is 17.3 Å². The third-order valence-corrected chi connectivity index (χ3v) is 4.33. The number of nitrogens with zero attached hydrogens (tertiary/aromatic N) is 1. The number of amides is 1. The minimum absolute atomic E-state index is 0.139. The molecule has 1 aromatic carbocycles. The van der Waals surface area contributed by atoms with E-state index in [1.807, 2.05) is 14.0 Å². The predicted molar refractivity (Wildman–Crippen MR) is 93.5 cm³/mol. The molecular weight excluding hydrogens is 290 g/mol. The van der Waals surface area contributed by atoms with Gasteiger partial charge in [-0.2, -0.15) is 0 Å². The summed E-state index contributed by atoms with van der Waals surface area (Å²) in [5, 5.41) is 14.3. The number of nitrogens with one attached hydrogen (secondary N) is 3. The molecular formula is C17H25N5O. The average molecular weight is 315 g/mol. The molecule has 1 aromatic rings. The van der Waals surface area contributed by atoms with Crippen LogP contribution in [-0.4, -0.2) is 42.3 Å². The first-order valence-electron chi connectivity index (χ1n) is 7.72. The van der Waals surface area contributed by atoms with Crippen molar-refractivity contribution in [3.63, 3.8) is 0 Å². The van der Waals surface area contributed by atoms with Crippen molar-refractivity contribution in [2.45, 2.75) is 26.3 Å². The van der Waals surface area contributed by atoms with Crippen LogP contribution in [0.2, 0.25) is 0 Å². The zero-order valence-corrected chi connectivity index (χ0v) is 14.2. The Morgan fingerprint density at radius 1 is 1.35 bits per heavy atom. The maximum absolute atomic E-state index is 12.3. The van der Waals surface area contributed by atoms with Crippen LogP contribution in [0.5, 0.6) is 0 Å². The van der Waals surface area contributed by atoms with Crippen LogP contribution in [0.15, 0.2) is 35.5 Å². The number of carbonyl (C=O) groups is 1. The number of likely N-dealkylation sites (N-methyl/N-ethyl adjacent to an activating group) is 2. The number of carbonyl (C=O) groups excluding carboxylic acids is 1. The molecule has 1 amide bonds. The molecule has 0 atom stereocenters. The second-order valence-electron chi connectivity index (χ2n) is 6.25. The van der Waals surface area contributed by atoms with Crippen molar-refractivity contribution in [1.29, 1.82) is 5.41 Å². The third kappa shape index (κ3) is 3.37. The fourth-order valence-electron chi connectivity index (χ4n) is 2.67. The SMILES string of the molecule is CCNC1=C(C(=N)NC(=O)c2ccc(N)cc2)CN(C)C1(C)C. The van der Waals surface area contributed by atoms with E-state index in [1.165, 1.54) is 0 Å². The molecule has 1 aliphatic rings. The molecule has 1 aliphatic heterocycles. The van der Waals surface area contributed by atoms with Crippen molar-refractivity contribution in [3.05, 3.63) is 41.1 Å². The Kier molecular flexibility index (Phi) is 4.75. The number of amidine groups is 1. The van der Waals surface area contributed by atoms with Crippen LogP contribution in [0.3, 0.4) is 0 Å². The molecule has 0 aromatic heterocycles. The summed E-state index contributed by atoms with van der Waals surface area (Å²) >= 11 is 0. The van der Waals surface area contributed by atoms with Gasteiger partial charge in [0.1, 0.15) is 5.84 Å². The second-order valence-corrected chi connectivity index (χ2v) is 6.25. The van der Waals surface area contributed by atoms with E-state index < -0.39 is 0 Å². The van der Waals surface area contributed by atoms with Crippen LogP contribution < -0.4 is 16.4 Å². The van der Waals surface area contributed by atoms with Crippen LogP contribution in [0.4, 0.5) is 5.69 Å². The van der Waals surface area contributed by atoms with E-state index in [2.05, 4.69) is 29.4 Å². The summed E-state index contributed by atoms with van der Waals surface area (Å²) in [5.41, 5.74) is 8.34. The molecule has 0 aliphatic carbocycles. The summed E-state index contributed by atoms with van der Waals surface area (Å²) in [6.07, 6.45) is 0. The lowest BCUT2D eigenvalue weighted by Gasteiger charge is -2.31. The van der Waals surface area contributed by atoms with Gasteiger partial charge in [-0.3, -0.25) is 15.1 Å². The Morgan fingerprint density at radius 3 is 2.52 bits per heavy atom. The van der Waals surface area contributed by atoms with Crippen LogP contribution >= 0.6 is 0 Å². The van der Waals surface area contributed by atoms with Gasteiger partial charge < -0.3 is 16.4 Å². The largest absolute Gasteiger partial charge is 0.399 e. The smallest absolute Gasteiger partial charge is 0.256 e. The van der Waals surface area contributed by atoms with E-state index in [1.54, 1.807) is 24.3 Å². The minimum atomic E-state index is -0.300. The molecule has 5 N–H and O–H groups in total. The minimum Gasteiger partial charge on any atom is -0.399 e.